The van der Waals surface area contributed by atoms with Crippen molar-refractivity contribution in [3.8, 4) is 0 Å². The maximum absolute atomic E-state index is 10.4. The number of nitrogens with zero attached hydrogens (tertiary/aromatic N) is 5. The first kappa shape index (κ1) is 10.4. The van der Waals surface area contributed by atoms with Gasteiger partial charge in [0.15, 0.2) is 7.05 Å². The quantitative estimate of drug-likeness (QED) is 0.420. The van der Waals surface area contributed by atoms with Gasteiger partial charge in [0.25, 0.3) is 5.69 Å². The molecule has 0 fully saturated rings. The summed E-state index contributed by atoms with van der Waals surface area (Å²) >= 11 is 1.16. The van der Waals surface area contributed by atoms with Crippen LogP contribution in [0.25, 0.3) is 0 Å². The topological polar surface area (TPSA) is 86.4 Å². The third kappa shape index (κ3) is 2.28. The van der Waals surface area contributed by atoms with Crippen LogP contribution in [-0.4, -0.2) is 9.41 Å². The first-order valence-corrected chi connectivity index (χ1v) is 5.09. The molecule has 0 aliphatic heterocycles. The lowest BCUT2D eigenvalue weighted by Gasteiger charge is -1.95. The van der Waals surface area contributed by atoms with E-state index in [-0.39, 0.29) is 5.69 Å². The summed E-state index contributed by atoms with van der Waals surface area (Å²) in [6, 6.07) is 5.94. The van der Waals surface area contributed by atoms with E-state index in [4.69, 9.17) is 0 Å². The monoisotopic (exact) mass is 237 g/mol. The molecule has 0 aliphatic rings. The molecule has 0 saturated carbocycles. The average Bonchev–Trinajstić information content (AvgIpc) is 2.65. The van der Waals surface area contributed by atoms with E-state index in [1.165, 1.54) is 16.9 Å². The maximum atomic E-state index is 10.4. The molecule has 1 heterocycles. The van der Waals surface area contributed by atoms with Crippen LogP contribution in [0.4, 0.5) is 11.4 Å². The van der Waals surface area contributed by atoms with Gasteiger partial charge in [0, 0.05) is 12.1 Å². The number of hydrogen-bond acceptors (Lipinski definition) is 5. The first-order valence-electron chi connectivity index (χ1n) is 4.31. The number of nitro groups is 1. The summed E-state index contributed by atoms with van der Waals surface area (Å²) in [7, 11) is 1.70. The molecule has 1 aromatic carbocycles. The Labute approximate surface area is 94.0 Å². The van der Waals surface area contributed by atoms with E-state index in [2.05, 4.69) is 14.6 Å². The molecule has 1 aromatic heterocycles. The highest BCUT2D eigenvalue weighted by molar-refractivity contribution is 7.02. The van der Waals surface area contributed by atoms with Gasteiger partial charge < -0.3 is 4.99 Å². The first-order chi connectivity index (χ1) is 7.65. The van der Waals surface area contributed by atoms with Gasteiger partial charge in [-0.15, -0.1) is 0 Å². The zero-order valence-electron chi connectivity index (χ0n) is 8.27. The van der Waals surface area contributed by atoms with Crippen LogP contribution in [0.15, 0.2) is 29.3 Å². The maximum Gasteiger partial charge on any atom is 0.269 e. The molecule has 16 heavy (non-hydrogen) atoms. The van der Waals surface area contributed by atoms with E-state index in [1.807, 2.05) is 0 Å². The summed E-state index contributed by atoms with van der Waals surface area (Å²) in [4.78, 5) is 16.1. The highest BCUT2D eigenvalue weighted by Crippen LogP contribution is 2.16. The lowest BCUT2D eigenvalue weighted by atomic mass is 10.3. The lowest BCUT2D eigenvalue weighted by molar-refractivity contribution is -0.783. The normalized spacial score (nSPS) is 11.7. The summed E-state index contributed by atoms with van der Waals surface area (Å²) in [6.45, 7) is 0. The third-order valence-corrected chi connectivity index (χ3v) is 2.41. The molecule has 0 N–H and O–H groups in total. The van der Waals surface area contributed by atoms with Crippen molar-refractivity contribution in [2.75, 3.05) is 0 Å². The highest BCUT2D eigenvalue weighted by Gasteiger charge is 2.01. The van der Waals surface area contributed by atoms with Crippen molar-refractivity contribution >= 4 is 22.9 Å². The van der Waals surface area contributed by atoms with E-state index in [0.29, 0.717) is 10.5 Å². The summed E-state index contributed by atoms with van der Waals surface area (Å²) in [5, 5.41) is 14.4. The zero-order valence-corrected chi connectivity index (χ0v) is 9.09. The minimum Gasteiger partial charge on any atom is -0.347 e. The number of nitro benzene ring substituents is 1. The van der Waals surface area contributed by atoms with Gasteiger partial charge in [-0.25, -0.2) is 0 Å². The van der Waals surface area contributed by atoms with Crippen molar-refractivity contribution in [1.82, 2.24) is 9.59 Å². The van der Waals surface area contributed by atoms with Crippen molar-refractivity contribution in [3.05, 3.63) is 39.2 Å². The molecule has 8 heteroatoms. The molecule has 0 saturated heterocycles. The van der Waals surface area contributed by atoms with Crippen molar-refractivity contribution in [2.45, 2.75) is 0 Å². The lowest BCUT2D eigenvalue weighted by Crippen LogP contribution is -2.37. The van der Waals surface area contributed by atoms with Crippen molar-refractivity contribution in [2.24, 2.45) is 12.0 Å². The standard InChI is InChI=1S/C8H7N5O2S/c1-12-10-8(16-11-12)9-6-2-4-7(5-3-6)13(14)15/h2-5H,1H3. The summed E-state index contributed by atoms with van der Waals surface area (Å²) in [5.74, 6) is 0. The molecule has 7 nitrogen and oxygen atoms in total. The SMILES string of the molecule is C[n+]1nsc(=Nc2ccc([N+](=O)[O-])cc2)[n-]1. The summed E-state index contributed by atoms with van der Waals surface area (Å²) < 4.78 is 3.90. The predicted molar refractivity (Wildman–Crippen MR) is 54.9 cm³/mol. The highest BCUT2D eigenvalue weighted by atomic mass is 32.1. The van der Waals surface area contributed by atoms with Gasteiger partial charge in [0.05, 0.1) is 4.92 Å². The fraction of sp³-hybridized carbons (Fsp3) is 0.125. The Hall–Kier alpha value is -2.09. The Morgan fingerprint density at radius 2 is 2.19 bits per heavy atom. The molecule has 0 unspecified atom stereocenters. The van der Waals surface area contributed by atoms with E-state index >= 15 is 0 Å². The fourth-order valence-corrected chi connectivity index (χ4v) is 1.59. The second-order valence-corrected chi connectivity index (χ2v) is 3.64. The number of aromatic nitrogens is 3. The van der Waals surface area contributed by atoms with Gasteiger partial charge in [0.2, 0.25) is 0 Å². The molecule has 0 atom stereocenters. The Kier molecular flexibility index (Phi) is 2.73. The van der Waals surface area contributed by atoms with Crippen molar-refractivity contribution in [1.29, 1.82) is 0 Å². The van der Waals surface area contributed by atoms with Crippen molar-refractivity contribution < 1.29 is 9.72 Å². The minimum atomic E-state index is -0.450. The zero-order chi connectivity index (χ0) is 11.5. The van der Waals surface area contributed by atoms with Crippen molar-refractivity contribution in [3.63, 3.8) is 0 Å². The molecular weight excluding hydrogens is 230 g/mol. The van der Waals surface area contributed by atoms with Crippen LogP contribution in [0.5, 0.6) is 0 Å². The molecule has 0 spiro atoms. The molecule has 0 amide bonds. The number of hydrogen-bond donors (Lipinski definition) is 0. The van der Waals surface area contributed by atoms with Crippen LogP contribution in [0.3, 0.4) is 0 Å². The molecule has 2 aromatic rings. The smallest absolute Gasteiger partial charge is 0.269 e. The van der Waals surface area contributed by atoms with Gasteiger partial charge in [-0.1, -0.05) is 14.4 Å². The second-order valence-electron chi connectivity index (χ2n) is 2.93. The second kappa shape index (κ2) is 4.19. The van der Waals surface area contributed by atoms with E-state index in [9.17, 15) is 10.1 Å². The molecule has 0 radical (unpaired) electrons. The Morgan fingerprint density at radius 1 is 1.50 bits per heavy atom. The van der Waals surface area contributed by atoms with Gasteiger partial charge >= 0.3 is 0 Å². The van der Waals surface area contributed by atoms with Crippen LogP contribution < -0.4 is 14.7 Å². The number of non-ortho nitro benzene ring substituents is 1. The summed E-state index contributed by atoms with van der Waals surface area (Å²) in [5.41, 5.74) is 0.657. The molecular formula is C8H7N5O2S. The van der Waals surface area contributed by atoms with Crippen LogP contribution in [0.1, 0.15) is 0 Å². The number of benzene rings is 1. The molecule has 82 valence electrons. The van der Waals surface area contributed by atoms with Gasteiger partial charge in [-0.2, -0.15) is 0 Å². The summed E-state index contributed by atoms with van der Waals surface area (Å²) in [6.07, 6.45) is 0. The minimum absolute atomic E-state index is 0.0433. The Bertz CT molecular complexity index is 571. The van der Waals surface area contributed by atoms with E-state index < -0.39 is 4.92 Å². The average molecular weight is 237 g/mol. The van der Waals surface area contributed by atoms with E-state index in [1.54, 1.807) is 19.2 Å². The third-order valence-electron chi connectivity index (χ3n) is 1.76. The van der Waals surface area contributed by atoms with Crippen LogP contribution in [0, 0.1) is 10.1 Å². The number of aryl methyl sites for hydroxylation is 1. The fourth-order valence-electron chi connectivity index (χ4n) is 1.06. The Balaban J connectivity index is 2.33. The van der Waals surface area contributed by atoms with Crippen LogP contribution >= 0.6 is 11.5 Å². The predicted octanol–water partition coefficient (Wildman–Crippen LogP) is 0.0654. The molecule has 2 rings (SSSR count). The van der Waals surface area contributed by atoms with Gasteiger partial charge in [-0.3, -0.25) is 10.1 Å². The largest absolute Gasteiger partial charge is 0.347 e. The molecule has 0 aliphatic carbocycles. The van der Waals surface area contributed by atoms with E-state index in [0.717, 1.165) is 11.5 Å². The Morgan fingerprint density at radius 3 is 2.69 bits per heavy atom. The number of rotatable bonds is 2. The molecule has 0 bridgehead atoms. The van der Waals surface area contributed by atoms with Crippen LogP contribution in [0.2, 0.25) is 0 Å². The van der Waals surface area contributed by atoms with Crippen LogP contribution in [-0.2, 0) is 7.05 Å². The van der Waals surface area contributed by atoms with Gasteiger partial charge in [0.1, 0.15) is 4.80 Å². The van der Waals surface area contributed by atoms with Gasteiger partial charge in [-0.05, 0) is 29.4 Å².